The molecule has 1 fully saturated rings. The predicted molar refractivity (Wildman–Crippen MR) is 106 cm³/mol. The van der Waals surface area contributed by atoms with Crippen LogP contribution in [0.2, 0.25) is 5.02 Å². The summed E-state index contributed by atoms with van der Waals surface area (Å²) in [7, 11) is -3.65. The van der Waals surface area contributed by atoms with Crippen LogP contribution in [0.25, 0.3) is 0 Å². The number of hydrogen-bond donors (Lipinski definition) is 1. The SMILES string of the molecule is CCc1sc(C(=O)Nc2ccc(Cl)c(S(=O)(=O)N3CCCC3)c2)cc1C. The second-order valence-electron chi connectivity index (χ2n) is 6.28. The quantitative estimate of drug-likeness (QED) is 0.795. The average molecular weight is 413 g/mol. The van der Waals surface area contributed by atoms with Gasteiger partial charge in [0.2, 0.25) is 10.0 Å². The van der Waals surface area contributed by atoms with Crippen LogP contribution in [0.4, 0.5) is 5.69 Å². The Labute approximate surface area is 163 Å². The Hall–Kier alpha value is -1.41. The molecule has 1 aliphatic heterocycles. The maximum Gasteiger partial charge on any atom is 0.265 e. The van der Waals surface area contributed by atoms with Gasteiger partial charge in [-0.3, -0.25) is 4.79 Å². The van der Waals surface area contributed by atoms with E-state index in [1.54, 1.807) is 6.07 Å². The number of sulfonamides is 1. The smallest absolute Gasteiger partial charge is 0.265 e. The monoisotopic (exact) mass is 412 g/mol. The number of benzene rings is 1. The van der Waals surface area contributed by atoms with Gasteiger partial charge in [-0.2, -0.15) is 4.31 Å². The van der Waals surface area contributed by atoms with E-state index in [1.807, 2.05) is 13.0 Å². The molecule has 140 valence electrons. The molecule has 26 heavy (non-hydrogen) atoms. The van der Waals surface area contributed by atoms with Crippen LogP contribution in [0.15, 0.2) is 29.2 Å². The molecule has 0 radical (unpaired) electrons. The molecule has 0 atom stereocenters. The minimum atomic E-state index is -3.65. The number of nitrogens with one attached hydrogen (secondary N) is 1. The van der Waals surface area contributed by atoms with Crippen molar-refractivity contribution in [2.45, 2.75) is 38.0 Å². The van der Waals surface area contributed by atoms with E-state index in [2.05, 4.69) is 12.2 Å². The molecule has 1 saturated heterocycles. The molecule has 0 aliphatic carbocycles. The van der Waals surface area contributed by atoms with Crippen LogP contribution in [0.5, 0.6) is 0 Å². The van der Waals surface area contributed by atoms with Crippen LogP contribution in [0.1, 0.15) is 39.9 Å². The standard InChI is InChI=1S/C18H21ClN2O3S2/c1-3-15-12(2)10-16(25-15)18(22)20-13-6-7-14(19)17(11-13)26(23,24)21-8-4-5-9-21/h6-7,10-11H,3-5,8-9H2,1-2H3,(H,20,22). The number of amides is 1. The van der Waals surface area contributed by atoms with Crippen molar-refractivity contribution in [3.05, 3.63) is 44.6 Å². The van der Waals surface area contributed by atoms with Crippen LogP contribution in [0, 0.1) is 6.92 Å². The number of aryl methyl sites for hydroxylation is 2. The van der Waals surface area contributed by atoms with Crippen LogP contribution in [-0.4, -0.2) is 31.7 Å². The summed E-state index contributed by atoms with van der Waals surface area (Å²) >= 11 is 7.59. The van der Waals surface area contributed by atoms with Crippen molar-refractivity contribution >= 4 is 44.6 Å². The molecular formula is C18H21ClN2O3S2. The largest absolute Gasteiger partial charge is 0.321 e. The summed E-state index contributed by atoms with van der Waals surface area (Å²) < 4.78 is 27.0. The highest BCUT2D eigenvalue weighted by Crippen LogP contribution is 2.30. The van der Waals surface area contributed by atoms with Gasteiger partial charge in [-0.25, -0.2) is 8.42 Å². The van der Waals surface area contributed by atoms with E-state index >= 15 is 0 Å². The van der Waals surface area contributed by atoms with Crippen LogP contribution in [-0.2, 0) is 16.4 Å². The minimum Gasteiger partial charge on any atom is -0.321 e. The molecule has 0 bridgehead atoms. The zero-order valence-corrected chi connectivity index (χ0v) is 17.1. The molecule has 0 saturated carbocycles. The molecule has 1 amide bonds. The van der Waals surface area contributed by atoms with Gasteiger partial charge in [0.1, 0.15) is 4.90 Å². The predicted octanol–water partition coefficient (Wildman–Crippen LogP) is 4.31. The van der Waals surface area contributed by atoms with Gasteiger partial charge < -0.3 is 5.32 Å². The fourth-order valence-electron chi connectivity index (χ4n) is 3.02. The summed E-state index contributed by atoms with van der Waals surface area (Å²) in [6.07, 6.45) is 2.58. The van der Waals surface area contributed by atoms with Crippen molar-refractivity contribution < 1.29 is 13.2 Å². The number of hydrogen-bond acceptors (Lipinski definition) is 4. The zero-order valence-electron chi connectivity index (χ0n) is 14.7. The highest BCUT2D eigenvalue weighted by molar-refractivity contribution is 7.89. The summed E-state index contributed by atoms with van der Waals surface area (Å²) in [6, 6.07) is 6.42. The molecule has 8 heteroatoms. The van der Waals surface area contributed by atoms with Crippen molar-refractivity contribution in [3.8, 4) is 0 Å². The van der Waals surface area contributed by atoms with Gasteiger partial charge in [0.25, 0.3) is 5.91 Å². The first-order chi connectivity index (χ1) is 12.3. The highest BCUT2D eigenvalue weighted by Gasteiger charge is 2.29. The van der Waals surface area contributed by atoms with Crippen molar-refractivity contribution in [2.24, 2.45) is 0 Å². The average Bonchev–Trinajstić information content (AvgIpc) is 3.26. The Morgan fingerprint density at radius 1 is 1.27 bits per heavy atom. The number of anilines is 1. The summed E-state index contributed by atoms with van der Waals surface area (Å²) in [5, 5.41) is 2.95. The van der Waals surface area contributed by atoms with Gasteiger partial charge in [0.15, 0.2) is 0 Å². The molecular weight excluding hydrogens is 392 g/mol. The van der Waals surface area contributed by atoms with Crippen molar-refractivity contribution in [1.82, 2.24) is 4.31 Å². The van der Waals surface area contributed by atoms with Crippen LogP contribution < -0.4 is 5.32 Å². The molecule has 2 heterocycles. The van der Waals surface area contributed by atoms with Gasteiger partial charge in [-0.05, 0) is 56.0 Å². The maximum absolute atomic E-state index is 12.8. The van der Waals surface area contributed by atoms with E-state index in [9.17, 15) is 13.2 Å². The number of nitrogens with zero attached hydrogens (tertiary/aromatic N) is 1. The zero-order chi connectivity index (χ0) is 18.9. The summed E-state index contributed by atoms with van der Waals surface area (Å²) in [4.78, 5) is 14.3. The molecule has 2 aromatic rings. The Morgan fingerprint density at radius 3 is 2.58 bits per heavy atom. The molecule has 1 N–H and O–H groups in total. The van der Waals surface area contributed by atoms with E-state index in [-0.39, 0.29) is 15.8 Å². The van der Waals surface area contributed by atoms with Crippen molar-refractivity contribution in [1.29, 1.82) is 0 Å². The van der Waals surface area contributed by atoms with Gasteiger partial charge in [0.05, 0.1) is 9.90 Å². The molecule has 5 nitrogen and oxygen atoms in total. The number of carbonyl (C=O) groups is 1. The fourth-order valence-corrected chi connectivity index (χ4v) is 6.05. The van der Waals surface area contributed by atoms with E-state index in [4.69, 9.17) is 11.6 Å². The molecule has 1 aromatic carbocycles. The lowest BCUT2D eigenvalue weighted by Gasteiger charge is -2.17. The number of thiophene rings is 1. The first-order valence-electron chi connectivity index (χ1n) is 8.53. The summed E-state index contributed by atoms with van der Waals surface area (Å²) in [5.74, 6) is -0.246. The topological polar surface area (TPSA) is 66.5 Å². The maximum atomic E-state index is 12.8. The third-order valence-electron chi connectivity index (χ3n) is 4.44. The second-order valence-corrected chi connectivity index (χ2v) is 9.73. The first kappa shape index (κ1) is 19.4. The van der Waals surface area contributed by atoms with Gasteiger partial charge in [-0.15, -0.1) is 11.3 Å². The second kappa shape index (κ2) is 7.68. The number of rotatable bonds is 5. The minimum absolute atomic E-state index is 0.0375. The van der Waals surface area contributed by atoms with Crippen LogP contribution in [0.3, 0.4) is 0 Å². The van der Waals surface area contributed by atoms with Crippen molar-refractivity contribution in [2.75, 3.05) is 18.4 Å². The lowest BCUT2D eigenvalue weighted by Crippen LogP contribution is -2.28. The Morgan fingerprint density at radius 2 is 1.96 bits per heavy atom. The van der Waals surface area contributed by atoms with E-state index in [0.29, 0.717) is 23.7 Å². The third-order valence-corrected chi connectivity index (χ3v) is 8.20. The third kappa shape index (κ3) is 3.81. The van der Waals surface area contributed by atoms with E-state index in [0.717, 1.165) is 24.8 Å². The van der Waals surface area contributed by atoms with E-state index < -0.39 is 10.0 Å². The summed E-state index contributed by atoms with van der Waals surface area (Å²) in [6.45, 7) is 5.04. The lowest BCUT2D eigenvalue weighted by atomic mass is 10.2. The Balaban J connectivity index is 1.86. The van der Waals surface area contributed by atoms with Gasteiger partial charge >= 0.3 is 0 Å². The Bertz CT molecular complexity index is 932. The number of halogens is 1. The lowest BCUT2D eigenvalue weighted by molar-refractivity contribution is 0.103. The van der Waals surface area contributed by atoms with Gasteiger partial charge in [0, 0.05) is 23.7 Å². The van der Waals surface area contributed by atoms with E-state index in [1.165, 1.54) is 32.7 Å². The first-order valence-corrected chi connectivity index (χ1v) is 11.2. The normalized spacial score (nSPS) is 15.3. The highest BCUT2D eigenvalue weighted by atomic mass is 35.5. The molecule has 0 unspecified atom stereocenters. The molecule has 1 aliphatic rings. The Kier molecular flexibility index (Phi) is 5.72. The molecule has 1 aromatic heterocycles. The number of carbonyl (C=O) groups excluding carboxylic acids is 1. The molecule has 0 spiro atoms. The van der Waals surface area contributed by atoms with Gasteiger partial charge in [-0.1, -0.05) is 18.5 Å². The fraction of sp³-hybridized carbons (Fsp3) is 0.389. The summed E-state index contributed by atoms with van der Waals surface area (Å²) in [5.41, 5.74) is 1.51. The van der Waals surface area contributed by atoms with Crippen LogP contribution >= 0.6 is 22.9 Å². The molecule has 3 rings (SSSR count). The van der Waals surface area contributed by atoms with Crippen molar-refractivity contribution in [3.63, 3.8) is 0 Å².